The molecule has 0 radical (unpaired) electrons. The number of rotatable bonds is 4. The average molecular weight is 209 g/mol. The van der Waals surface area contributed by atoms with E-state index in [1.54, 1.807) is 19.9 Å². The first-order chi connectivity index (χ1) is 7.00. The molecule has 0 aliphatic rings. The lowest BCUT2D eigenvalue weighted by Crippen LogP contribution is -2.22. The number of carbonyl (C=O) groups excluding carboxylic acids is 2. The molecule has 0 aliphatic carbocycles. The minimum atomic E-state index is -1.13. The zero-order chi connectivity index (χ0) is 11.4. The Bertz CT molecular complexity index is 382. The molecule has 0 N–H and O–H groups in total. The number of carboxylic acid groups (broad SMARTS) is 1. The van der Waals surface area contributed by atoms with Crippen molar-refractivity contribution in [1.29, 1.82) is 0 Å². The molecule has 0 fully saturated rings. The van der Waals surface area contributed by atoms with Crippen LogP contribution in [0.3, 0.4) is 0 Å². The highest BCUT2D eigenvalue weighted by molar-refractivity contribution is 5.79. The summed E-state index contributed by atoms with van der Waals surface area (Å²) in [5.41, 5.74) is 1.55. The molecule has 0 spiro atoms. The van der Waals surface area contributed by atoms with Crippen molar-refractivity contribution >= 4 is 11.9 Å². The van der Waals surface area contributed by atoms with Crippen LogP contribution in [0.2, 0.25) is 0 Å². The lowest BCUT2D eigenvalue weighted by atomic mass is 10.2. The fourth-order valence-corrected chi connectivity index (χ4v) is 1.37. The maximum absolute atomic E-state index is 11.5. The Morgan fingerprint density at radius 2 is 2.07 bits per heavy atom. The number of hydrogen-bond donors (Lipinski definition) is 0. The van der Waals surface area contributed by atoms with Gasteiger partial charge in [-0.2, -0.15) is 5.10 Å². The van der Waals surface area contributed by atoms with Gasteiger partial charge in [-0.15, -0.1) is 0 Å². The van der Waals surface area contributed by atoms with E-state index in [0.717, 1.165) is 11.4 Å². The molecule has 0 saturated carbocycles. The van der Waals surface area contributed by atoms with Crippen molar-refractivity contribution in [2.45, 2.75) is 33.1 Å². The summed E-state index contributed by atoms with van der Waals surface area (Å²) in [7, 11) is 0. The summed E-state index contributed by atoms with van der Waals surface area (Å²) < 4.78 is 1.31. The molecule has 1 aromatic rings. The minimum Gasteiger partial charge on any atom is -0.550 e. The van der Waals surface area contributed by atoms with Crippen LogP contribution in [0, 0.1) is 13.8 Å². The van der Waals surface area contributed by atoms with Crippen LogP contribution < -0.4 is 5.11 Å². The third kappa shape index (κ3) is 3.19. The molecule has 82 valence electrons. The Balaban J connectivity index is 2.54. The summed E-state index contributed by atoms with van der Waals surface area (Å²) in [6.45, 7) is 3.59. The number of hydrogen-bond acceptors (Lipinski definition) is 4. The van der Waals surface area contributed by atoms with E-state index in [-0.39, 0.29) is 18.7 Å². The molecular formula is C10H13N2O3-. The van der Waals surface area contributed by atoms with E-state index in [0.29, 0.717) is 6.42 Å². The maximum atomic E-state index is 11.5. The molecule has 1 rings (SSSR count). The topological polar surface area (TPSA) is 75.0 Å². The molecule has 5 heteroatoms. The molecule has 0 unspecified atom stereocenters. The number of nitrogens with zero attached hydrogens (tertiary/aromatic N) is 2. The Kier molecular flexibility index (Phi) is 3.60. The van der Waals surface area contributed by atoms with Crippen molar-refractivity contribution in [2.24, 2.45) is 0 Å². The van der Waals surface area contributed by atoms with Crippen molar-refractivity contribution in [1.82, 2.24) is 9.78 Å². The van der Waals surface area contributed by atoms with Crippen molar-refractivity contribution in [2.75, 3.05) is 0 Å². The molecule has 0 saturated heterocycles. The van der Waals surface area contributed by atoms with Crippen LogP contribution in [-0.2, 0) is 4.79 Å². The van der Waals surface area contributed by atoms with Gasteiger partial charge in [-0.05, 0) is 32.8 Å². The predicted octanol–water partition coefficient (Wildman–Crippen LogP) is 0.0603. The highest BCUT2D eigenvalue weighted by Gasteiger charge is 2.09. The molecule has 0 atom stereocenters. The quantitative estimate of drug-likeness (QED) is 0.702. The second-order valence-electron chi connectivity index (χ2n) is 3.46. The van der Waals surface area contributed by atoms with E-state index in [2.05, 4.69) is 5.10 Å². The molecule has 0 amide bonds. The molecule has 0 bridgehead atoms. The lowest BCUT2D eigenvalue weighted by Gasteiger charge is -2.03. The van der Waals surface area contributed by atoms with E-state index in [1.807, 2.05) is 0 Å². The molecule has 1 aromatic heterocycles. The van der Waals surface area contributed by atoms with Crippen LogP contribution >= 0.6 is 0 Å². The first kappa shape index (κ1) is 11.4. The average Bonchev–Trinajstić information content (AvgIpc) is 2.44. The van der Waals surface area contributed by atoms with E-state index < -0.39 is 5.97 Å². The Hall–Kier alpha value is -1.65. The van der Waals surface area contributed by atoms with E-state index in [9.17, 15) is 14.7 Å². The maximum Gasteiger partial charge on any atom is 0.247 e. The van der Waals surface area contributed by atoms with Gasteiger partial charge >= 0.3 is 0 Å². The van der Waals surface area contributed by atoms with Gasteiger partial charge in [0.2, 0.25) is 5.91 Å². The molecule has 15 heavy (non-hydrogen) atoms. The van der Waals surface area contributed by atoms with Crippen LogP contribution in [0.1, 0.15) is 35.4 Å². The zero-order valence-corrected chi connectivity index (χ0v) is 8.82. The largest absolute Gasteiger partial charge is 0.550 e. The fraction of sp³-hybridized carbons (Fsp3) is 0.500. The minimum absolute atomic E-state index is 0.0922. The number of aromatic nitrogens is 2. The first-order valence-electron chi connectivity index (χ1n) is 4.77. The van der Waals surface area contributed by atoms with Gasteiger partial charge in [-0.1, -0.05) is 0 Å². The van der Waals surface area contributed by atoms with Gasteiger partial charge in [0.15, 0.2) is 0 Å². The summed E-state index contributed by atoms with van der Waals surface area (Å²) in [5, 5.41) is 14.2. The Labute approximate surface area is 87.7 Å². The van der Waals surface area contributed by atoms with Crippen molar-refractivity contribution in [3.05, 3.63) is 17.5 Å². The molecule has 0 aromatic carbocycles. The monoisotopic (exact) mass is 209 g/mol. The summed E-state index contributed by atoms with van der Waals surface area (Å²) >= 11 is 0. The van der Waals surface area contributed by atoms with E-state index in [1.165, 1.54) is 4.68 Å². The molecular weight excluding hydrogens is 196 g/mol. The van der Waals surface area contributed by atoms with Crippen LogP contribution in [-0.4, -0.2) is 21.7 Å². The van der Waals surface area contributed by atoms with Crippen LogP contribution in [0.5, 0.6) is 0 Å². The lowest BCUT2D eigenvalue weighted by molar-refractivity contribution is -0.305. The molecule has 1 heterocycles. The SMILES string of the molecule is Cc1cc(C)n(C(=O)CCCC(=O)[O-])n1. The number of carboxylic acids is 1. The number of aliphatic carboxylic acids is 1. The summed E-state index contributed by atoms with van der Waals surface area (Å²) in [4.78, 5) is 21.7. The first-order valence-corrected chi connectivity index (χ1v) is 4.77. The normalized spacial score (nSPS) is 10.3. The number of aryl methyl sites for hydroxylation is 2. The molecule has 5 nitrogen and oxygen atoms in total. The number of carbonyl (C=O) groups is 2. The van der Waals surface area contributed by atoms with Gasteiger partial charge in [0.05, 0.1) is 5.69 Å². The van der Waals surface area contributed by atoms with E-state index in [4.69, 9.17) is 0 Å². The van der Waals surface area contributed by atoms with Gasteiger partial charge in [0, 0.05) is 18.1 Å². The van der Waals surface area contributed by atoms with Gasteiger partial charge in [-0.25, -0.2) is 4.68 Å². The fourth-order valence-electron chi connectivity index (χ4n) is 1.37. The predicted molar refractivity (Wildman–Crippen MR) is 51.2 cm³/mol. The second-order valence-corrected chi connectivity index (χ2v) is 3.46. The van der Waals surface area contributed by atoms with Gasteiger partial charge in [0.1, 0.15) is 0 Å². The van der Waals surface area contributed by atoms with Gasteiger partial charge in [0.25, 0.3) is 0 Å². The third-order valence-electron chi connectivity index (χ3n) is 2.02. The third-order valence-corrected chi connectivity index (χ3v) is 2.02. The van der Waals surface area contributed by atoms with Gasteiger partial charge < -0.3 is 9.90 Å². The highest BCUT2D eigenvalue weighted by atomic mass is 16.4. The Morgan fingerprint density at radius 1 is 1.40 bits per heavy atom. The van der Waals surface area contributed by atoms with E-state index >= 15 is 0 Å². The molecule has 0 aliphatic heterocycles. The highest BCUT2D eigenvalue weighted by Crippen LogP contribution is 2.05. The summed E-state index contributed by atoms with van der Waals surface area (Å²) in [6.07, 6.45) is 0.375. The van der Waals surface area contributed by atoms with Gasteiger partial charge in [-0.3, -0.25) is 4.79 Å². The Morgan fingerprint density at radius 3 is 2.53 bits per heavy atom. The standard InChI is InChI=1S/C10H14N2O3/c1-7-6-8(2)12(11-7)9(13)4-3-5-10(14)15/h6H,3-5H2,1-2H3,(H,14,15)/p-1. The van der Waals surface area contributed by atoms with Crippen molar-refractivity contribution < 1.29 is 14.7 Å². The van der Waals surface area contributed by atoms with Crippen molar-refractivity contribution in [3.8, 4) is 0 Å². The van der Waals surface area contributed by atoms with Crippen molar-refractivity contribution in [3.63, 3.8) is 0 Å². The second kappa shape index (κ2) is 4.72. The summed E-state index contributed by atoms with van der Waals surface area (Å²) in [6, 6.07) is 1.80. The zero-order valence-electron chi connectivity index (χ0n) is 8.82. The van der Waals surface area contributed by atoms with Crippen LogP contribution in [0.25, 0.3) is 0 Å². The van der Waals surface area contributed by atoms with Crippen LogP contribution in [0.4, 0.5) is 0 Å². The smallest absolute Gasteiger partial charge is 0.247 e. The summed E-state index contributed by atoms with van der Waals surface area (Å²) in [5.74, 6) is -1.31. The van der Waals surface area contributed by atoms with Crippen LogP contribution in [0.15, 0.2) is 6.07 Å².